The molecule has 0 saturated carbocycles. The first-order valence-electron chi connectivity index (χ1n) is 7.87. The van der Waals surface area contributed by atoms with Crippen molar-refractivity contribution in [2.45, 2.75) is 31.0 Å². The first kappa shape index (κ1) is 18.4. The van der Waals surface area contributed by atoms with Gasteiger partial charge in [-0.25, -0.2) is 8.42 Å². The van der Waals surface area contributed by atoms with E-state index in [2.05, 4.69) is 19.2 Å². The van der Waals surface area contributed by atoms with Crippen LogP contribution in [0.2, 0.25) is 0 Å². The maximum absolute atomic E-state index is 12.5. The molecular formula is C15H25N3O3S2. The topological polar surface area (TPSA) is 69.7 Å². The van der Waals surface area contributed by atoms with Crippen LogP contribution in [0.15, 0.2) is 21.7 Å². The Hall–Kier alpha value is -0.960. The average molecular weight is 360 g/mol. The molecule has 1 atom stereocenters. The molecule has 130 valence electrons. The second kappa shape index (κ2) is 7.74. The third-order valence-electron chi connectivity index (χ3n) is 3.97. The van der Waals surface area contributed by atoms with E-state index in [-0.39, 0.29) is 11.9 Å². The highest BCUT2D eigenvalue weighted by atomic mass is 32.2. The van der Waals surface area contributed by atoms with Crippen molar-refractivity contribution in [3.05, 3.63) is 17.5 Å². The molecule has 8 heteroatoms. The van der Waals surface area contributed by atoms with Crippen molar-refractivity contribution in [1.82, 2.24) is 14.5 Å². The zero-order valence-electron chi connectivity index (χ0n) is 13.9. The number of piperazine rings is 1. The van der Waals surface area contributed by atoms with Crippen molar-refractivity contribution in [3.63, 3.8) is 0 Å². The van der Waals surface area contributed by atoms with E-state index >= 15 is 0 Å². The Balaban J connectivity index is 1.90. The Morgan fingerprint density at radius 1 is 1.26 bits per heavy atom. The summed E-state index contributed by atoms with van der Waals surface area (Å²) in [7, 11) is -3.38. The molecule has 1 aromatic heterocycles. The number of rotatable bonds is 6. The van der Waals surface area contributed by atoms with Crippen LogP contribution in [-0.2, 0) is 14.8 Å². The Morgan fingerprint density at radius 2 is 1.91 bits per heavy atom. The quantitative estimate of drug-likeness (QED) is 0.829. The largest absolute Gasteiger partial charge is 0.354 e. The van der Waals surface area contributed by atoms with Crippen molar-refractivity contribution >= 4 is 27.3 Å². The Labute approximate surface area is 142 Å². The van der Waals surface area contributed by atoms with Gasteiger partial charge in [-0.3, -0.25) is 9.69 Å². The van der Waals surface area contributed by atoms with Gasteiger partial charge in [-0.1, -0.05) is 19.9 Å². The van der Waals surface area contributed by atoms with Crippen LogP contribution in [0.4, 0.5) is 0 Å². The first-order chi connectivity index (χ1) is 10.8. The van der Waals surface area contributed by atoms with E-state index in [1.807, 2.05) is 11.8 Å². The van der Waals surface area contributed by atoms with Gasteiger partial charge in [0.1, 0.15) is 4.21 Å². The van der Waals surface area contributed by atoms with Crippen LogP contribution in [0.5, 0.6) is 0 Å². The number of carbonyl (C=O) groups excluding carboxylic acids is 1. The second-order valence-corrected chi connectivity index (χ2v) is 9.30. The Morgan fingerprint density at radius 3 is 2.43 bits per heavy atom. The van der Waals surface area contributed by atoms with Gasteiger partial charge in [-0.2, -0.15) is 4.31 Å². The van der Waals surface area contributed by atoms with E-state index < -0.39 is 10.0 Å². The minimum Gasteiger partial charge on any atom is -0.354 e. The number of amides is 1. The molecule has 1 saturated heterocycles. The van der Waals surface area contributed by atoms with Crippen molar-refractivity contribution in [3.8, 4) is 0 Å². The number of sulfonamides is 1. The molecule has 0 aliphatic carbocycles. The average Bonchev–Trinajstić information content (AvgIpc) is 3.07. The summed E-state index contributed by atoms with van der Waals surface area (Å²) in [5.74, 6) is 0.423. The molecular weight excluding hydrogens is 334 g/mol. The van der Waals surface area contributed by atoms with E-state index in [1.165, 1.54) is 15.6 Å². The molecule has 0 aromatic carbocycles. The number of hydrogen-bond acceptors (Lipinski definition) is 5. The normalized spacial score (nSPS) is 19.0. The summed E-state index contributed by atoms with van der Waals surface area (Å²) < 4.78 is 26.8. The molecule has 1 N–H and O–H groups in total. The summed E-state index contributed by atoms with van der Waals surface area (Å²) in [5, 5.41) is 4.70. The van der Waals surface area contributed by atoms with Crippen LogP contribution in [0.25, 0.3) is 0 Å². The predicted molar refractivity (Wildman–Crippen MR) is 92.0 cm³/mol. The van der Waals surface area contributed by atoms with Crippen LogP contribution in [0.3, 0.4) is 0 Å². The molecule has 0 unspecified atom stereocenters. The lowest BCUT2D eigenvalue weighted by atomic mass is 10.2. The van der Waals surface area contributed by atoms with Crippen LogP contribution in [0.1, 0.15) is 20.8 Å². The Kier molecular flexibility index (Phi) is 6.19. The first-order valence-corrected chi connectivity index (χ1v) is 10.2. The number of nitrogens with zero attached hydrogens (tertiary/aromatic N) is 2. The predicted octanol–water partition coefficient (Wildman–Crippen LogP) is 1.22. The fraction of sp³-hybridized carbons (Fsp3) is 0.667. The van der Waals surface area contributed by atoms with Gasteiger partial charge >= 0.3 is 0 Å². The molecule has 0 bridgehead atoms. The standard InChI is InChI=1S/C15H25N3O3S2/c1-12(2)11-16-15(19)13(3)17-6-8-18(9-7-17)23(20,21)14-5-4-10-22-14/h4-5,10,12-13H,6-9,11H2,1-3H3,(H,16,19)/t13-/m1/s1. The highest BCUT2D eigenvalue weighted by molar-refractivity contribution is 7.91. The highest BCUT2D eigenvalue weighted by Crippen LogP contribution is 2.22. The zero-order valence-corrected chi connectivity index (χ0v) is 15.5. The summed E-state index contributed by atoms with van der Waals surface area (Å²) in [4.78, 5) is 14.2. The lowest BCUT2D eigenvalue weighted by molar-refractivity contribution is -0.126. The molecule has 2 heterocycles. The fourth-order valence-electron chi connectivity index (χ4n) is 2.49. The summed E-state index contributed by atoms with van der Waals surface area (Å²) in [6.07, 6.45) is 0. The molecule has 2 rings (SSSR count). The molecule has 1 aliphatic heterocycles. The molecule has 1 aromatic rings. The molecule has 0 spiro atoms. The maximum Gasteiger partial charge on any atom is 0.252 e. The van der Waals surface area contributed by atoms with E-state index in [0.717, 1.165) is 0 Å². The SMILES string of the molecule is CC(C)CNC(=O)[C@@H](C)N1CCN(S(=O)(=O)c2cccs2)CC1. The number of thiophene rings is 1. The molecule has 1 aliphatic rings. The summed E-state index contributed by atoms with van der Waals surface area (Å²) in [6, 6.07) is 3.14. The van der Waals surface area contributed by atoms with Crippen molar-refractivity contribution in [2.75, 3.05) is 32.7 Å². The smallest absolute Gasteiger partial charge is 0.252 e. The minimum absolute atomic E-state index is 0.00765. The van der Waals surface area contributed by atoms with Crippen LogP contribution < -0.4 is 5.32 Å². The van der Waals surface area contributed by atoms with Crippen molar-refractivity contribution in [1.29, 1.82) is 0 Å². The lowest BCUT2D eigenvalue weighted by Gasteiger charge is -2.36. The van der Waals surface area contributed by atoms with Crippen molar-refractivity contribution in [2.24, 2.45) is 5.92 Å². The third-order valence-corrected chi connectivity index (χ3v) is 7.25. The number of hydrogen-bond donors (Lipinski definition) is 1. The van der Waals surface area contributed by atoms with Crippen LogP contribution in [-0.4, -0.2) is 62.3 Å². The van der Waals surface area contributed by atoms with Gasteiger partial charge in [0.2, 0.25) is 5.91 Å². The number of carbonyl (C=O) groups is 1. The van der Waals surface area contributed by atoms with Crippen molar-refractivity contribution < 1.29 is 13.2 Å². The van der Waals surface area contributed by atoms with Gasteiger partial charge in [-0.05, 0) is 24.3 Å². The van der Waals surface area contributed by atoms with Gasteiger partial charge in [-0.15, -0.1) is 11.3 Å². The van der Waals surface area contributed by atoms with E-state index in [9.17, 15) is 13.2 Å². The number of nitrogens with one attached hydrogen (secondary N) is 1. The van der Waals surface area contributed by atoms with Gasteiger partial charge in [0.15, 0.2) is 0 Å². The van der Waals surface area contributed by atoms with E-state index in [4.69, 9.17) is 0 Å². The van der Waals surface area contributed by atoms with E-state index in [0.29, 0.717) is 42.9 Å². The van der Waals surface area contributed by atoms with E-state index in [1.54, 1.807) is 17.5 Å². The summed E-state index contributed by atoms with van der Waals surface area (Å²) in [5.41, 5.74) is 0. The summed E-state index contributed by atoms with van der Waals surface area (Å²) >= 11 is 1.24. The lowest BCUT2D eigenvalue weighted by Crippen LogP contribution is -2.55. The van der Waals surface area contributed by atoms with Gasteiger partial charge in [0, 0.05) is 32.7 Å². The molecule has 0 radical (unpaired) electrons. The molecule has 6 nitrogen and oxygen atoms in total. The fourth-order valence-corrected chi connectivity index (χ4v) is 5.05. The molecule has 1 fully saturated rings. The van der Waals surface area contributed by atoms with Crippen LogP contribution in [0, 0.1) is 5.92 Å². The van der Waals surface area contributed by atoms with Gasteiger partial charge in [0.25, 0.3) is 10.0 Å². The van der Waals surface area contributed by atoms with Gasteiger partial charge in [0.05, 0.1) is 6.04 Å². The zero-order chi connectivity index (χ0) is 17.0. The second-order valence-electron chi connectivity index (χ2n) is 6.19. The molecule has 1 amide bonds. The summed E-state index contributed by atoms with van der Waals surface area (Å²) in [6.45, 7) is 8.62. The third kappa shape index (κ3) is 4.53. The maximum atomic E-state index is 12.5. The monoisotopic (exact) mass is 359 g/mol. The highest BCUT2D eigenvalue weighted by Gasteiger charge is 2.32. The molecule has 23 heavy (non-hydrogen) atoms. The Bertz CT molecular complexity index is 606. The van der Waals surface area contributed by atoms with Crippen LogP contribution >= 0.6 is 11.3 Å². The minimum atomic E-state index is -3.38. The van der Waals surface area contributed by atoms with Gasteiger partial charge < -0.3 is 5.32 Å².